The van der Waals surface area contributed by atoms with Gasteiger partial charge in [0.1, 0.15) is 22.9 Å². The molecule has 3 aromatic rings. The smallest absolute Gasteiger partial charge is 0.432 e. The van der Waals surface area contributed by atoms with E-state index < -0.39 is 29.1 Å². The molecule has 6 heteroatoms. The average Bonchev–Trinajstić information content (AvgIpc) is 2.90. The summed E-state index contributed by atoms with van der Waals surface area (Å²) in [5.74, 6) is -3.32. The van der Waals surface area contributed by atoms with Gasteiger partial charge in [0, 0.05) is 0 Å². The number of halogens is 4. The van der Waals surface area contributed by atoms with Crippen LogP contribution in [-0.4, -0.2) is 0 Å². The van der Waals surface area contributed by atoms with E-state index in [0.717, 1.165) is 61.8 Å². The van der Waals surface area contributed by atoms with Gasteiger partial charge in [-0.1, -0.05) is 83.1 Å². The van der Waals surface area contributed by atoms with Gasteiger partial charge >= 0.3 is 6.11 Å². The Kier molecular flexibility index (Phi) is 11.5. The van der Waals surface area contributed by atoms with Gasteiger partial charge in [-0.05, 0) is 73.2 Å². The highest BCUT2D eigenvalue weighted by Gasteiger charge is 2.42. The second kappa shape index (κ2) is 14.8. The zero-order chi connectivity index (χ0) is 27.4. The maximum atomic E-state index is 15.1. The first kappa shape index (κ1) is 29.5. The first-order valence-electron chi connectivity index (χ1n) is 13.7. The molecule has 2 nitrogen and oxygen atoms in total. The molecule has 0 aromatic heterocycles. The molecule has 0 saturated heterocycles. The molecule has 0 aliphatic heterocycles. The molecule has 0 radical (unpaired) electrons. The van der Waals surface area contributed by atoms with Crippen molar-refractivity contribution in [2.45, 2.75) is 90.6 Å². The van der Waals surface area contributed by atoms with E-state index >= 15 is 4.39 Å². The predicted octanol–water partition coefficient (Wildman–Crippen LogP) is 10.5. The normalized spacial score (nSPS) is 11.5. The van der Waals surface area contributed by atoms with Crippen molar-refractivity contribution in [1.29, 1.82) is 0 Å². The van der Waals surface area contributed by atoms with Crippen LogP contribution in [0.5, 0.6) is 17.2 Å². The van der Waals surface area contributed by atoms with Crippen LogP contribution in [0.2, 0.25) is 0 Å². The van der Waals surface area contributed by atoms with Gasteiger partial charge in [-0.25, -0.2) is 8.78 Å². The summed E-state index contributed by atoms with van der Waals surface area (Å²) in [7, 11) is 0. The van der Waals surface area contributed by atoms with Crippen LogP contribution >= 0.6 is 0 Å². The van der Waals surface area contributed by atoms with E-state index in [1.165, 1.54) is 44.2 Å². The maximum absolute atomic E-state index is 15.1. The van der Waals surface area contributed by atoms with Crippen molar-refractivity contribution < 1.29 is 27.0 Å². The lowest BCUT2D eigenvalue weighted by Crippen LogP contribution is -2.25. The number of benzene rings is 3. The van der Waals surface area contributed by atoms with Crippen molar-refractivity contribution in [3.8, 4) is 17.2 Å². The van der Waals surface area contributed by atoms with E-state index in [1.54, 1.807) is 24.3 Å². The van der Waals surface area contributed by atoms with Crippen LogP contribution in [0, 0.1) is 11.6 Å². The van der Waals surface area contributed by atoms with E-state index in [1.807, 2.05) is 12.1 Å². The van der Waals surface area contributed by atoms with E-state index in [-0.39, 0.29) is 11.5 Å². The standard InChI is InChI=1S/C32H38F4O2/c1-3-5-7-8-9-10-11-13-25-16-20-27(21-17-25)38-32(35,36)30-28(33)22-23-29(31(30)34)37-26-18-14-24(15-19-26)12-6-4-2/h14-23H,3-13H2,1-2H3. The fourth-order valence-corrected chi connectivity index (χ4v) is 4.32. The van der Waals surface area contributed by atoms with Crippen LogP contribution < -0.4 is 9.47 Å². The van der Waals surface area contributed by atoms with E-state index in [0.29, 0.717) is 0 Å². The van der Waals surface area contributed by atoms with Gasteiger partial charge in [0.05, 0.1) is 0 Å². The second-order valence-corrected chi connectivity index (χ2v) is 9.72. The highest BCUT2D eigenvalue weighted by Crippen LogP contribution is 2.39. The van der Waals surface area contributed by atoms with Crippen LogP contribution in [0.25, 0.3) is 0 Å². The quantitative estimate of drug-likeness (QED) is 0.135. The van der Waals surface area contributed by atoms with E-state index in [4.69, 9.17) is 9.47 Å². The molecule has 0 unspecified atom stereocenters. The van der Waals surface area contributed by atoms with Gasteiger partial charge in [-0.3, -0.25) is 0 Å². The molecule has 38 heavy (non-hydrogen) atoms. The maximum Gasteiger partial charge on any atom is 0.432 e. The molecule has 0 fully saturated rings. The molecule has 0 heterocycles. The Labute approximate surface area is 224 Å². The Morgan fingerprint density at radius 2 is 1.13 bits per heavy atom. The van der Waals surface area contributed by atoms with E-state index in [2.05, 4.69) is 13.8 Å². The lowest BCUT2D eigenvalue weighted by Gasteiger charge is -2.20. The molecular formula is C32H38F4O2. The molecule has 3 aromatic carbocycles. The summed E-state index contributed by atoms with van der Waals surface area (Å²) >= 11 is 0. The van der Waals surface area contributed by atoms with Gasteiger partial charge in [-0.2, -0.15) is 8.78 Å². The first-order valence-corrected chi connectivity index (χ1v) is 13.7. The highest BCUT2D eigenvalue weighted by atomic mass is 19.3. The lowest BCUT2D eigenvalue weighted by molar-refractivity contribution is -0.189. The largest absolute Gasteiger partial charge is 0.454 e. The summed E-state index contributed by atoms with van der Waals surface area (Å²) < 4.78 is 69.7. The SMILES string of the molecule is CCCCCCCCCc1ccc(OC(F)(F)c2c(F)ccc(Oc3ccc(CCCC)cc3)c2F)cc1. The third-order valence-electron chi connectivity index (χ3n) is 6.56. The number of aryl methyl sites for hydroxylation is 2. The molecule has 0 N–H and O–H groups in total. The Balaban J connectivity index is 1.62. The molecule has 0 aliphatic carbocycles. The fourth-order valence-electron chi connectivity index (χ4n) is 4.32. The van der Waals surface area contributed by atoms with Crippen molar-refractivity contribution in [2.75, 3.05) is 0 Å². The minimum absolute atomic E-state index is 0.175. The second-order valence-electron chi connectivity index (χ2n) is 9.72. The van der Waals surface area contributed by atoms with Crippen molar-refractivity contribution >= 4 is 0 Å². The summed E-state index contributed by atoms with van der Waals surface area (Å²) in [6, 6.07) is 14.9. The fraction of sp³-hybridized carbons (Fsp3) is 0.438. The van der Waals surface area contributed by atoms with Crippen molar-refractivity contribution in [3.63, 3.8) is 0 Å². The van der Waals surface area contributed by atoms with Crippen LogP contribution in [0.1, 0.15) is 88.3 Å². The number of hydrogen-bond donors (Lipinski definition) is 0. The zero-order valence-electron chi connectivity index (χ0n) is 22.4. The Morgan fingerprint density at radius 3 is 1.74 bits per heavy atom. The molecule has 0 bridgehead atoms. The number of hydrogen-bond acceptors (Lipinski definition) is 2. The number of ether oxygens (including phenoxy) is 2. The molecule has 0 amide bonds. The third kappa shape index (κ3) is 8.78. The van der Waals surface area contributed by atoms with Gasteiger partial charge in [-0.15, -0.1) is 0 Å². The highest BCUT2D eigenvalue weighted by molar-refractivity contribution is 5.39. The molecule has 0 spiro atoms. The Hall–Kier alpha value is -3.02. The minimum Gasteiger partial charge on any atom is -0.454 e. The summed E-state index contributed by atoms with van der Waals surface area (Å²) in [5, 5.41) is 0. The lowest BCUT2D eigenvalue weighted by atomic mass is 10.0. The molecule has 0 saturated carbocycles. The summed E-state index contributed by atoms with van der Waals surface area (Å²) in [6.07, 6.45) is 7.92. The van der Waals surface area contributed by atoms with Crippen LogP contribution in [0.4, 0.5) is 17.6 Å². The third-order valence-corrected chi connectivity index (χ3v) is 6.56. The van der Waals surface area contributed by atoms with Crippen LogP contribution in [-0.2, 0) is 19.0 Å². The predicted molar refractivity (Wildman–Crippen MR) is 144 cm³/mol. The Morgan fingerprint density at radius 1 is 0.605 bits per heavy atom. The summed E-state index contributed by atoms with van der Waals surface area (Å²) in [5.41, 5.74) is 0.609. The van der Waals surface area contributed by atoms with Crippen molar-refractivity contribution in [1.82, 2.24) is 0 Å². The molecule has 3 rings (SSSR count). The summed E-state index contributed by atoms with van der Waals surface area (Å²) in [6.45, 7) is 4.29. The minimum atomic E-state index is -4.24. The monoisotopic (exact) mass is 530 g/mol. The van der Waals surface area contributed by atoms with Crippen LogP contribution in [0.3, 0.4) is 0 Å². The number of alkyl halides is 2. The topological polar surface area (TPSA) is 18.5 Å². The zero-order valence-corrected chi connectivity index (χ0v) is 22.4. The molecular weight excluding hydrogens is 492 g/mol. The van der Waals surface area contributed by atoms with Crippen molar-refractivity contribution in [2.24, 2.45) is 0 Å². The Bertz CT molecular complexity index is 1110. The first-order chi connectivity index (χ1) is 18.3. The van der Waals surface area contributed by atoms with Gasteiger partial charge in [0.2, 0.25) is 0 Å². The molecule has 0 aliphatic rings. The van der Waals surface area contributed by atoms with Gasteiger partial charge in [0.15, 0.2) is 11.6 Å². The number of unbranched alkanes of at least 4 members (excludes halogenated alkanes) is 7. The van der Waals surface area contributed by atoms with Crippen molar-refractivity contribution in [3.05, 3.63) is 89.0 Å². The molecule has 206 valence electrons. The summed E-state index contributed by atoms with van der Waals surface area (Å²) in [4.78, 5) is 0. The van der Waals surface area contributed by atoms with Gasteiger partial charge in [0.25, 0.3) is 0 Å². The molecule has 0 atom stereocenters. The van der Waals surface area contributed by atoms with Crippen LogP contribution in [0.15, 0.2) is 60.7 Å². The van der Waals surface area contributed by atoms with Gasteiger partial charge < -0.3 is 9.47 Å². The average molecular weight is 531 g/mol. The van der Waals surface area contributed by atoms with E-state index in [9.17, 15) is 13.2 Å². The number of rotatable bonds is 16.